The first kappa shape index (κ1) is 13.9. The summed E-state index contributed by atoms with van der Waals surface area (Å²) >= 11 is 0. The topological polar surface area (TPSA) is 46.3 Å². The van der Waals surface area contributed by atoms with Crippen LogP contribution >= 0.6 is 0 Å². The number of hydrogen-bond donors (Lipinski definition) is 1. The quantitative estimate of drug-likeness (QED) is 0.894. The number of benzene rings is 1. The average molecular weight is 268 g/mol. The first-order valence-corrected chi connectivity index (χ1v) is 6.53. The number of rotatable bonds is 2. The second-order valence-corrected chi connectivity index (χ2v) is 4.98. The van der Waals surface area contributed by atoms with Crippen molar-refractivity contribution in [3.05, 3.63) is 35.4 Å². The predicted molar refractivity (Wildman–Crippen MR) is 68.7 cm³/mol. The number of piperidine rings is 1. The molecule has 1 aliphatic rings. The molecule has 0 saturated carbocycles. The van der Waals surface area contributed by atoms with Crippen LogP contribution in [0.15, 0.2) is 18.2 Å². The van der Waals surface area contributed by atoms with Crippen molar-refractivity contribution < 1.29 is 13.6 Å². The molecule has 2 unspecified atom stereocenters. The summed E-state index contributed by atoms with van der Waals surface area (Å²) in [7, 11) is 0. The molecule has 1 saturated heterocycles. The number of carbonyl (C=O) groups is 1. The van der Waals surface area contributed by atoms with Crippen LogP contribution in [-0.4, -0.2) is 29.4 Å². The van der Waals surface area contributed by atoms with E-state index in [2.05, 4.69) is 0 Å². The Balaban J connectivity index is 2.33. The fourth-order valence-electron chi connectivity index (χ4n) is 2.69. The van der Waals surface area contributed by atoms with Gasteiger partial charge in [-0.1, -0.05) is 6.07 Å². The molecule has 1 aromatic carbocycles. The Hall–Kier alpha value is -1.49. The highest BCUT2D eigenvalue weighted by molar-refractivity contribution is 5.95. The Morgan fingerprint density at radius 2 is 2.16 bits per heavy atom. The molecular weight excluding hydrogens is 250 g/mol. The maximum absolute atomic E-state index is 13.7. The van der Waals surface area contributed by atoms with E-state index in [-0.39, 0.29) is 17.6 Å². The summed E-state index contributed by atoms with van der Waals surface area (Å²) in [5.74, 6) is -2.56. The van der Waals surface area contributed by atoms with Crippen molar-refractivity contribution in [1.29, 1.82) is 0 Å². The van der Waals surface area contributed by atoms with Crippen LogP contribution in [0.25, 0.3) is 0 Å². The molecule has 1 heterocycles. The molecule has 0 aliphatic carbocycles. The summed E-state index contributed by atoms with van der Waals surface area (Å²) in [6.07, 6.45) is 2.67. The minimum absolute atomic E-state index is 0.00235. The molecule has 19 heavy (non-hydrogen) atoms. The van der Waals surface area contributed by atoms with E-state index in [0.29, 0.717) is 6.54 Å². The van der Waals surface area contributed by atoms with Gasteiger partial charge in [0, 0.05) is 18.6 Å². The van der Waals surface area contributed by atoms with Gasteiger partial charge in [-0.2, -0.15) is 0 Å². The normalized spacial score (nSPS) is 23.5. The maximum Gasteiger partial charge on any atom is 0.257 e. The Morgan fingerprint density at radius 3 is 2.84 bits per heavy atom. The Labute approximate surface area is 111 Å². The van der Waals surface area contributed by atoms with E-state index in [0.717, 1.165) is 25.3 Å². The van der Waals surface area contributed by atoms with Crippen LogP contribution in [-0.2, 0) is 0 Å². The molecule has 1 fully saturated rings. The first-order chi connectivity index (χ1) is 9.06. The van der Waals surface area contributed by atoms with Crippen LogP contribution in [0.1, 0.15) is 36.5 Å². The van der Waals surface area contributed by atoms with Crippen LogP contribution in [0, 0.1) is 11.6 Å². The number of carbonyl (C=O) groups excluding carboxylic acids is 1. The van der Waals surface area contributed by atoms with Gasteiger partial charge in [0.05, 0.1) is 5.56 Å². The smallest absolute Gasteiger partial charge is 0.257 e. The molecule has 1 amide bonds. The highest BCUT2D eigenvalue weighted by atomic mass is 19.2. The zero-order chi connectivity index (χ0) is 14.0. The second-order valence-electron chi connectivity index (χ2n) is 4.98. The van der Waals surface area contributed by atoms with Crippen LogP contribution in [0.3, 0.4) is 0 Å². The molecule has 5 heteroatoms. The molecule has 1 aromatic rings. The van der Waals surface area contributed by atoms with Crippen LogP contribution in [0.2, 0.25) is 0 Å². The molecule has 104 valence electrons. The van der Waals surface area contributed by atoms with Crippen molar-refractivity contribution in [3.63, 3.8) is 0 Å². The molecule has 0 aromatic heterocycles. The van der Waals surface area contributed by atoms with Gasteiger partial charge in [-0.15, -0.1) is 0 Å². The van der Waals surface area contributed by atoms with Crippen molar-refractivity contribution >= 4 is 5.91 Å². The summed E-state index contributed by atoms with van der Waals surface area (Å²) < 4.78 is 26.9. The lowest BCUT2D eigenvalue weighted by atomic mass is 9.95. The minimum Gasteiger partial charge on any atom is -0.332 e. The minimum atomic E-state index is -1.08. The first-order valence-electron chi connectivity index (χ1n) is 6.53. The lowest BCUT2D eigenvalue weighted by Gasteiger charge is -2.40. The lowest BCUT2D eigenvalue weighted by Crippen LogP contribution is -2.52. The maximum atomic E-state index is 13.7. The summed E-state index contributed by atoms with van der Waals surface area (Å²) in [5.41, 5.74) is 5.46. The lowest BCUT2D eigenvalue weighted by molar-refractivity contribution is 0.0488. The van der Waals surface area contributed by atoms with Gasteiger partial charge >= 0.3 is 0 Å². The molecule has 0 radical (unpaired) electrons. The number of amides is 1. The van der Waals surface area contributed by atoms with Gasteiger partial charge in [-0.25, -0.2) is 8.78 Å². The third-order valence-electron chi connectivity index (χ3n) is 3.72. The van der Waals surface area contributed by atoms with Crippen molar-refractivity contribution in [1.82, 2.24) is 4.90 Å². The van der Waals surface area contributed by atoms with Gasteiger partial charge in [0.2, 0.25) is 0 Å². The zero-order valence-electron chi connectivity index (χ0n) is 10.9. The van der Waals surface area contributed by atoms with E-state index in [9.17, 15) is 13.6 Å². The molecular formula is C14H18F2N2O. The summed E-state index contributed by atoms with van der Waals surface area (Å²) in [6.45, 7) is 2.25. The Bertz CT molecular complexity index is 479. The number of halogens is 2. The fraction of sp³-hybridized carbons (Fsp3) is 0.500. The molecule has 3 nitrogen and oxygen atoms in total. The second kappa shape index (κ2) is 5.65. The fourth-order valence-corrected chi connectivity index (χ4v) is 2.69. The summed E-state index contributed by atoms with van der Waals surface area (Å²) in [6, 6.07) is 3.57. The predicted octanol–water partition coefficient (Wildman–Crippen LogP) is 2.31. The van der Waals surface area contributed by atoms with Gasteiger partial charge in [-0.3, -0.25) is 4.79 Å². The number of hydrogen-bond acceptors (Lipinski definition) is 2. The highest BCUT2D eigenvalue weighted by Gasteiger charge is 2.33. The third kappa shape index (κ3) is 2.61. The van der Waals surface area contributed by atoms with E-state index >= 15 is 0 Å². The number of likely N-dealkylation sites (tertiary alicyclic amines) is 1. The molecule has 0 spiro atoms. The number of nitrogens with zero attached hydrogens (tertiary/aromatic N) is 1. The number of nitrogens with two attached hydrogens (primary N) is 1. The van der Waals surface area contributed by atoms with Crippen molar-refractivity contribution in [2.75, 3.05) is 6.54 Å². The third-order valence-corrected chi connectivity index (χ3v) is 3.72. The van der Waals surface area contributed by atoms with Gasteiger partial charge in [0.1, 0.15) is 0 Å². The average Bonchev–Trinajstić information content (AvgIpc) is 2.40. The van der Waals surface area contributed by atoms with E-state index in [1.165, 1.54) is 12.1 Å². The largest absolute Gasteiger partial charge is 0.332 e. The highest BCUT2D eigenvalue weighted by Crippen LogP contribution is 2.25. The van der Waals surface area contributed by atoms with Crippen molar-refractivity contribution in [2.24, 2.45) is 5.73 Å². The summed E-state index contributed by atoms with van der Waals surface area (Å²) in [4.78, 5) is 14.0. The van der Waals surface area contributed by atoms with E-state index < -0.39 is 17.5 Å². The van der Waals surface area contributed by atoms with Gasteiger partial charge in [0.25, 0.3) is 5.91 Å². The van der Waals surface area contributed by atoms with Crippen LogP contribution in [0.5, 0.6) is 0 Å². The Kier molecular flexibility index (Phi) is 4.14. The van der Waals surface area contributed by atoms with Crippen molar-refractivity contribution in [2.45, 2.75) is 38.3 Å². The molecule has 2 rings (SSSR count). The molecule has 2 atom stereocenters. The molecule has 1 aliphatic heterocycles. The van der Waals surface area contributed by atoms with E-state index in [4.69, 9.17) is 5.73 Å². The van der Waals surface area contributed by atoms with Crippen LogP contribution < -0.4 is 5.73 Å². The summed E-state index contributed by atoms with van der Waals surface area (Å²) in [5, 5.41) is 0. The SMILES string of the molecule is CC1CCCC(CN)N1C(=O)c1cccc(F)c1F. The molecule has 2 N–H and O–H groups in total. The standard InChI is InChI=1S/C14H18F2N2O/c1-9-4-2-5-10(8-17)18(9)14(19)11-6-3-7-12(15)13(11)16/h3,6-7,9-10H,2,4-5,8,17H2,1H3. The van der Waals surface area contributed by atoms with Crippen molar-refractivity contribution in [3.8, 4) is 0 Å². The van der Waals surface area contributed by atoms with E-state index in [1.54, 1.807) is 4.90 Å². The van der Waals surface area contributed by atoms with Crippen LogP contribution in [0.4, 0.5) is 8.78 Å². The Morgan fingerprint density at radius 1 is 1.42 bits per heavy atom. The van der Waals surface area contributed by atoms with E-state index in [1.807, 2.05) is 6.92 Å². The van der Waals surface area contributed by atoms with Gasteiger partial charge in [-0.05, 0) is 38.3 Å². The molecule has 0 bridgehead atoms. The monoisotopic (exact) mass is 268 g/mol. The van der Waals surface area contributed by atoms with Gasteiger partial charge < -0.3 is 10.6 Å². The zero-order valence-corrected chi connectivity index (χ0v) is 10.9. The van der Waals surface area contributed by atoms with Gasteiger partial charge in [0.15, 0.2) is 11.6 Å².